The molecule has 6 heteroatoms. The predicted molar refractivity (Wildman–Crippen MR) is 88.6 cm³/mol. The van der Waals surface area contributed by atoms with Crippen LogP contribution in [-0.4, -0.2) is 60.7 Å². The summed E-state index contributed by atoms with van der Waals surface area (Å²) >= 11 is 0. The Labute approximate surface area is 136 Å². The molecule has 0 aromatic carbocycles. The van der Waals surface area contributed by atoms with Crippen LogP contribution >= 0.6 is 0 Å². The van der Waals surface area contributed by atoms with E-state index in [2.05, 4.69) is 20.1 Å². The van der Waals surface area contributed by atoms with Gasteiger partial charge in [-0.15, -0.1) is 0 Å². The standard InChI is InChI=1S/C17H25FN4O/c1-2-19-17(23)16-4-3-15(11-20-16)21-9-6-14(7-10-21)22-8-5-13(18)12-22/h3-4,11,13-14H,2,5-10,12H2,1H3,(H,19,23). The van der Waals surface area contributed by atoms with Gasteiger partial charge in [-0.2, -0.15) is 0 Å². The summed E-state index contributed by atoms with van der Waals surface area (Å²) in [7, 11) is 0. The molecule has 3 rings (SSSR count). The topological polar surface area (TPSA) is 48.5 Å². The summed E-state index contributed by atoms with van der Waals surface area (Å²) in [6, 6.07) is 4.25. The van der Waals surface area contributed by atoms with E-state index < -0.39 is 6.17 Å². The molecule has 2 aliphatic rings. The second kappa shape index (κ2) is 7.25. The van der Waals surface area contributed by atoms with E-state index in [0.29, 0.717) is 31.2 Å². The van der Waals surface area contributed by atoms with Crippen molar-refractivity contribution in [2.45, 2.75) is 38.4 Å². The Kier molecular flexibility index (Phi) is 5.10. The summed E-state index contributed by atoms with van der Waals surface area (Å²) in [4.78, 5) is 20.6. The number of anilines is 1. The first-order valence-electron chi connectivity index (χ1n) is 8.54. The molecule has 1 aromatic rings. The zero-order chi connectivity index (χ0) is 16.2. The van der Waals surface area contributed by atoms with Crippen LogP contribution in [0.1, 0.15) is 36.7 Å². The molecule has 0 spiro atoms. The van der Waals surface area contributed by atoms with Crippen molar-refractivity contribution in [2.24, 2.45) is 0 Å². The van der Waals surface area contributed by atoms with Crippen LogP contribution in [0.2, 0.25) is 0 Å². The molecule has 1 amide bonds. The van der Waals surface area contributed by atoms with Crippen LogP contribution in [0.5, 0.6) is 0 Å². The quantitative estimate of drug-likeness (QED) is 0.920. The summed E-state index contributed by atoms with van der Waals surface area (Å²) in [5.74, 6) is -0.132. The van der Waals surface area contributed by atoms with Gasteiger partial charge in [-0.05, 0) is 38.3 Å². The van der Waals surface area contributed by atoms with Gasteiger partial charge in [0.05, 0.1) is 11.9 Å². The summed E-state index contributed by atoms with van der Waals surface area (Å²) in [6.07, 6.45) is 3.94. The number of nitrogens with one attached hydrogen (secondary N) is 1. The van der Waals surface area contributed by atoms with E-state index in [4.69, 9.17) is 0 Å². The Morgan fingerprint density at radius 2 is 2.09 bits per heavy atom. The number of hydrogen-bond donors (Lipinski definition) is 1. The van der Waals surface area contributed by atoms with E-state index in [-0.39, 0.29) is 5.91 Å². The highest BCUT2D eigenvalue weighted by Gasteiger charge is 2.30. The van der Waals surface area contributed by atoms with Gasteiger partial charge in [-0.1, -0.05) is 0 Å². The molecule has 0 bridgehead atoms. The molecular weight excluding hydrogens is 295 g/mol. The molecule has 1 unspecified atom stereocenters. The highest BCUT2D eigenvalue weighted by molar-refractivity contribution is 5.92. The molecule has 3 heterocycles. The molecule has 1 aromatic heterocycles. The monoisotopic (exact) mass is 320 g/mol. The van der Waals surface area contributed by atoms with Crippen LogP contribution in [0.4, 0.5) is 10.1 Å². The first-order valence-corrected chi connectivity index (χ1v) is 8.54. The summed E-state index contributed by atoms with van der Waals surface area (Å²) < 4.78 is 13.3. The molecule has 126 valence electrons. The maximum Gasteiger partial charge on any atom is 0.269 e. The van der Waals surface area contributed by atoms with E-state index in [1.807, 2.05) is 13.0 Å². The Bertz CT molecular complexity index is 528. The molecule has 0 saturated carbocycles. The van der Waals surface area contributed by atoms with Crippen LogP contribution in [-0.2, 0) is 0 Å². The van der Waals surface area contributed by atoms with Crippen molar-refractivity contribution in [2.75, 3.05) is 37.6 Å². The summed E-state index contributed by atoms with van der Waals surface area (Å²) in [6.45, 7) is 5.91. The van der Waals surface area contributed by atoms with Crippen molar-refractivity contribution < 1.29 is 9.18 Å². The lowest BCUT2D eigenvalue weighted by Crippen LogP contribution is -2.44. The first-order chi connectivity index (χ1) is 11.2. The smallest absolute Gasteiger partial charge is 0.269 e. The van der Waals surface area contributed by atoms with Gasteiger partial charge < -0.3 is 10.2 Å². The van der Waals surface area contributed by atoms with Gasteiger partial charge in [-0.25, -0.2) is 9.37 Å². The molecule has 0 radical (unpaired) electrons. The van der Waals surface area contributed by atoms with E-state index in [9.17, 15) is 9.18 Å². The van der Waals surface area contributed by atoms with Crippen LogP contribution in [0.15, 0.2) is 18.3 Å². The number of amides is 1. The van der Waals surface area contributed by atoms with E-state index >= 15 is 0 Å². The van der Waals surface area contributed by atoms with Crippen molar-refractivity contribution in [3.8, 4) is 0 Å². The minimum Gasteiger partial charge on any atom is -0.370 e. The Hall–Kier alpha value is -1.69. The molecule has 23 heavy (non-hydrogen) atoms. The first kappa shape index (κ1) is 16.2. The number of rotatable bonds is 4. The number of carbonyl (C=O) groups is 1. The zero-order valence-electron chi connectivity index (χ0n) is 13.7. The number of likely N-dealkylation sites (tertiary alicyclic amines) is 1. The van der Waals surface area contributed by atoms with E-state index in [1.165, 1.54) is 0 Å². The van der Waals surface area contributed by atoms with Gasteiger partial charge in [0.1, 0.15) is 11.9 Å². The van der Waals surface area contributed by atoms with E-state index in [0.717, 1.165) is 38.2 Å². The Balaban J connectivity index is 1.54. The number of pyridine rings is 1. The van der Waals surface area contributed by atoms with E-state index in [1.54, 1.807) is 12.3 Å². The van der Waals surface area contributed by atoms with Crippen molar-refractivity contribution in [3.05, 3.63) is 24.0 Å². The highest BCUT2D eigenvalue weighted by Crippen LogP contribution is 2.25. The third-order valence-electron chi connectivity index (χ3n) is 4.83. The van der Waals surface area contributed by atoms with Crippen LogP contribution in [0.25, 0.3) is 0 Å². The van der Waals surface area contributed by atoms with Crippen molar-refractivity contribution in [1.82, 2.24) is 15.2 Å². The van der Waals surface area contributed by atoms with Gasteiger partial charge in [0.25, 0.3) is 5.91 Å². The lowest BCUT2D eigenvalue weighted by Gasteiger charge is -2.37. The number of alkyl halides is 1. The maximum absolute atomic E-state index is 13.3. The SMILES string of the molecule is CCNC(=O)c1ccc(N2CCC(N3CCC(F)C3)CC2)cn1. The lowest BCUT2D eigenvalue weighted by molar-refractivity contribution is 0.0951. The number of aromatic nitrogens is 1. The average Bonchev–Trinajstić information content (AvgIpc) is 3.02. The second-order valence-electron chi connectivity index (χ2n) is 6.36. The normalized spacial score (nSPS) is 23.2. The van der Waals surface area contributed by atoms with Crippen molar-refractivity contribution in [3.63, 3.8) is 0 Å². The Morgan fingerprint density at radius 1 is 1.30 bits per heavy atom. The molecule has 1 atom stereocenters. The van der Waals surface area contributed by atoms with Crippen molar-refractivity contribution >= 4 is 11.6 Å². The van der Waals surface area contributed by atoms with Gasteiger partial charge in [0, 0.05) is 38.8 Å². The molecule has 2 saturated heterocycles. The lowest BCUT2D eigenvalue weighted by atomic mass is 10.0. The second-order valence-corrected chi connectivity index (χ2v) is 6.36. The van der Waals surface area contributed by atoms with Crippen LogP contribution < -0.4 is 10.2 Å². The number of carbonyl (C=O) groups excluding carboxylic acids is 1. The van der Waals surface area contributed by atoms with Crippen LogP contribution in [0.3, 0.4) is 0 Å². The molecular formula is C17H25FN4O. The van der Waals surface area contributed by atoms with Crippen molar-refractivity contribution in [1.29, 1.82) is 0 Å². The maximum atomic E-state index is 13.3. The average molecular weight is 320 g/mol. The minimum absolute atomic E-state index is 0.132. The molecule has 1 N–H and O–H groups in total. The molecule has 2 fully saturated rings. The minimum atomic E-state index is -0.640. The molecule has 0 aliphatic carbocycles. The fraction of sp³-hybridized carbons (Fsp3) is 0.647. The number of halogens is 1. The third kappa shape index (κ3) is 3.80. The number of hydrogen-bond acceptors (Lipinski definition) is 4. The summed E-state index contributed by atoms with van der Waals surface area (Å²) in [5.41, 5.74) is 1.51. The van der Waals surface area contributed by atoms with Crippen LogP contribution in [0, 0.1) is 0 Å². The molecule has 2 aliphatic heterocycles. The van der Waals surface area contributed by atoms with Gasteiger partial charge in [0.15, 0.2) is 0 Å². The zero-order valence-corrected chi connectivity index (χ0v) is 13.7. The van der Waals surface area contributed by atoms with Gasteiger partial charge in [0.2, 0.25) is 0 Å². The Morgan fingerprint density at radius 3 is 2.65 bits per heavy atom. The highest BCUT2D eigenvalue weighted by atomic mass is 19.1. The molecule has 5 nitrogen and oxygen atoms in total. The van der Waals surface area contributed by atoms with Gasteiger partial charge >= 0.3 is 0 Å². The third-order valence-corrected chi connectivity index (χ3v) is 4.83. The number of nitrogens with zero attached hydrogens (tertiary/aromatic N) is 3. The fourth-order valence-electron chi connectivity index (χ4n) is 3.52. The largest absolute Gasteiger partial charge is 0.370 e. The summed E-state index contributed by atoms with van der Waals surface area (Å²) in [5, 5.41) is 2.75. The number of piperidine rings is 1. The predicted octanol–water partition coefficient (Wildman–Crippen LogP) is 1.84. The van der Waals surface area contributed by atoms with Gasteiger partial charge in [-0.3, -0.25) is 9.69 Å². The fourth-order valence-corrected chi connectivity index (χ4v) is 3.52.